The van der Waals surface area contributed by atoms with Crippen LogP contribution in [-0.2, 0) is 15.2 Å². The van der Waals surface area contributed by atoms with Crippen molar-refractivity contribution in [3.63, 3.8) is 0 Å². The number of carboxylic acid groups (broad SMARTS) is 1. The van der Waals surface area contributed by atoms with Gasteiger partial charge in [-0.3, -0.25) is 4.79 Å². The monoisotopic (exact) mass is 212 g/mol. The van der Waals surface area contributed by atoms with Crippen molar-refractivity contribution in [2.24, 2.45) is 0 Å². The molecule has 5 heteroatoms. The molecule has 1 rings (SSSR count). The predicted molar refractivity (Wildman–Crippen MR) is 52.0 cm³/mol. The van der Waals surface area contributed by atoms with E-state index in [0.29, 0.717) is 0 Å². The average molecular weight is 212 g/mol. The second kappa shape index (κ2) is 3.81. The second-order valence-electron chi connectivity index (χ2n) is 2.69. The maximum absolute atomic E-state index is 10.9. The third-order valence-corrected chi connectivity index (χ3v) is 2.13. The van der Waals surface area contributed by atoms with Gasteiger partial charge >= 0.3 is 5.97 Å². The predicted octanol–water partition coefficient (Wildman–Crippen LogP) is 0.415. The Morgan fingerprint density at radius 2 is 1.71 bits per heavy atom. The van der Waals surface area contributed by atoms with E-state index < -0.39 is 16.7 Å². The summed E-state index contributed by atoms with van der Waals surface area (Å²) in [4.78, 5) is 21.7. The molecule has 2 N–H and O–H groups in total. The Balaban J connectivity index is 3.27. The summed E-state index contributed by atoms with van der Waals surface area (Å²) in [5, 5.41) is 17.2. The fourth-order valence-electron chi connectivity index (χ4n) is 1.02. The Morgan fingerprint density at radius 3 is 2.07 bits per heavy atom. The Bertz CT molecular complexity index is 346. The molecule has 0 saturated carbocycles. The van der Waals surface area contributed by atoms with Crippen molar-refractivity contribution in [3.8, 4) is 0 Å². The minimum absolute atomic E-state index is 0.00694. The number of rotatable bonds is 3. The van der Waals surface area contributed by atoms with Gasteiger partial charge in [0.25, 0.3) is 5.60 Å². The molecule has 0 amide bonds. The lowest BCUT2D eigenvalue weighted by atomic mass is 9.95. The maximum atomic E-state index is 10.9. The number of hydrogen-bond acceptors (Lipinski definition) is 3. The smallest absolute Gasteiger partial charge is 0.349 e. The highest BCUT2D eigenvalue weighted by Gasteiger charge is 2.44. The Hall–Kier alpha value is -1.33. The van der Waals surface area contributed by atoms with E-state index in [2.05, 4.69) is 12.6 Å². The number of aliphatic carboxylic acids is 1. The Morgan fingerprint density at radius 1 is 1.21 bits per heavy atom. The van der Waals surface area contributed by atoms with E-state index in [1.807, 2.05) is 0 Å². The number of carboxylic acids is 1. The number of hydrogen-bond donors (Lipinski definition) is 3. The topological polar surface area (TPSA) is 74.6 Å². The molecule has 4 nitrogen and oxygen atoms in total. The molecule has 0 fully saturated rings. The first-order valence-corrected chi connectivity index (χ1v) is 4.19. The van der Waals surface area contributed by atoms with E-state index in [1.165, 1.54) is 24.3 Å². The Labute approximate surface area is 85.6 Å². The molecule has 0 saturated heterocycles. The summed E-state index contributed by atoms with van der Waals surface area (Å²) in [7, 11) is 0. The number of benzene rings is 1. The average Bonchev–Trinajstić information content (AvgIpc) is 2.17. The summed E-state index contributed by atoms with van der Waals surface area (Å²) in [6.07, 6.45) is 0. The molecule has 0 radical (unpaired) electrons. The van der Waals surface area contributed by atoms with Gasteiger partial charge in [0.1, 0.15) is 0 Å². The van der Waals surface area contributed by atoms with E-state index >= 15 is 0 Å². The van der Waals surface area contributed by atoms with Gasteiger partial charge in [0, 0.05) is 5.56 Å². The van der Waals surface area contributed by atoms with Crippen molar-refractivity contribution in [2.75, 3.05) is 0 Å². The molecule has 74 valence electrons. The van der Waals surface area contributed by atoms with Crippen molar-refractivity contribution in [2.45, 2.75) is 5.60 Å². The highest BCUT2D eigenvalue weighted by atomic mass is 32.1. The van der Waals surface area contributed by atoms with Gasteiger partial charge in [-0.25, -0.2) is 4.79 Å². The van der Waals surface area contributed by atoms with Gasteiger partial charge in [0.2, 0.25) is 5.12 Å². The molecule has 0 bridgehead atoms. The van der Waals surface area contributed by atoms with Crippen LogP contribution >= 0.6 is 12.6 Å². The number of aliphatic hydroxyl groups is 1. The summed E-state index contributed by atoms with van der Waals surface area (Å²) in [5.74, 6) is -1.64. The van der Waals surface area contributed by atoms with Crippen molar-refractivity contribution in [3.05, 3.63) is 35.9 Å². The van der Waals surface area contributed by atoms with Crippen LogP contribution in [0.4, 0.5) is 0 Å². The normalized spacial score (nSPS) is 14.4. The zero-order valence-corrected chi connectivity index (χ0v) is 7.94. The molecule has 0 aliphatic carbocycles. The molecule has 0 aliphatic rings. The molecule has 0 aromatic heterocycles. The van der Waals surface area contributed by atoms with Crippen LogP contribution in [0.3, 0.4) is 0 Å². The van der Waals surface area contributed by atoms with Gasteiger partial charge in [0.05, 0.1) is 0 Å². The lowest BCUT2D eigenvalue weighted by molar-refractivity contribution is -0.162. The van der Waals surface area contributed by atoms with E-state index in [1.54, 1.807) is 6.07 Å². The highest BCUT2D eigenvalue weighted by molar-refractivity contribution is 7.96. The SMILES string of the molecule is O=C(O)C(O)(C(=O)S)c1ccccc1. The molecule has 0 spiro atoms. The quantitative estimate of drug-likeness (QED) is 0.501. The summed E-state index contributed by atoms with van der Waals surface area (Å²) in [6, 6.07) is 7.40. The van der Waals surface area contributed by atoms with E-state index in [9.17, 15) is 14.7 Å². The van der Waals surface area contributed by atoms with Crippen molar-refractivity contribution < 1.29 is 19.8 Å². The van der Waals surface area contributed by atoms with Crippen LogP contribution in [-0.4, -0.2) is 21.3 Å². The van der Waals surface area contributed by atoms with Crippen LogP contribution in [0.5, 0.6) is 0 Å². The van der Waals surface area contributed by atoms with E-state index in [-0.39, 0.29) is 5.56 Å². The van der Waals surface area contributed by atoms with Crippen LogP contribution in [0.25, 0.3) is 0 Å². The van der Waals surface area contributed by atoms with Gasteiger partial charge in [-0.2, -0.15) is 0 Å². The lowest BCUT2D eigenvalue weighted by Gasteiger charge is -2.19. The first-order chi connectivity index (χ1) is 6.49. The van der Waals surface area contributed by atoms with Gasteiger partial charge in [-0.15, -0.1) is 12.6 Å². The molecule has 14 heavy (non-hydrogen) atoms. The minimum atomic E-state index is -2.57. The molecule has 0 aliphatic heterocycles. The second-order valence-corrected chi connectivity index (χ2v) is 3.09. The van der Waals surface area contributed by atoms with Crippen LogP contribution in [0.1, 0.15) is 5.56 Å². The van der Waals surface area contributed by atoms with E-state index in [4.69, 9.17) is 5.11 Å². The van der Waals surface area contributed by atoms with Crippen molar-refractivity contribution >= 4 is 23.7 Å². The zero-order valence-electron chi connectivity index (χ0n) is 7.04. The fraction of sp³-hybridized carbons (Fsp3) is 0.111. The van der Waals surface area contributed by atoms with E-state index in [0.717, 1.165) is 0 Å². The van der Waals surface area contributed by atoms with Crippen molar-refractivity contribution in [1.82, 2.24) is 0 Å². The van der Waals surface area contributed by atoms with Crippen LogP contribution in [0.2, 0.25) is 0 Å². The fourth-order valence-corrected chi connectivity index (χ4v) is 1.24. The summed E-state index contributed by atoms with van der Waals surface area (Å²) in [6.45, 7) is 0. The highest BCUT2D eigenvalue weighted by Crippen LogP contribution is 2.23. The zero-order chi connectivity index (χ0) is 10.8. The molecule has 0 heterocycles. The van der Waals surface area contributed by atoms with Crippen LogP contribution < -0.4 is 0 Å². The van der Waals surface area contributed by atoms with Crippen molar-refractivity contribution in [1.29, 1.82) is 0 Å². The molecule has 1 aromatic carbocycles. The first kappa shape index (κ1) is 10.7. The third-order valence-electron chi connectivity index (χ3n) is 1.81. The number of carbonyl (C=O) groups is 2. The standard InChI is InChI=1S/C9H8O4S/c10-7(11)9(13,8(12)14)6-4-2-1-3-5-6/h1-5,13H,(H,10,11)(H,12,14). The molecular formula is C9H8O4S. The number of carbonyl (C=O) groups excluding carboxylic acids is 1. The minimum Gasteiger partial charge on any atom is -0.478 e. The van der Waals surface area contributed by atoms with Gasteiger partial charge in [-0.05, 0) is 0 Å². The first-order valence-electron chi connectivity index (χ1n) is 3.74. The van der Waals surface area contributed by atoms with Gasteiger partial charge in [0.15, 0.2) is 0 Å². The summed E-state index contributed by atoms with van der Waals surface area (Å²) >= 11 is 3.36. The van der Waals surface area contributed by atoms with Gasteiger partial charge in [-0.1, -0.05) is 30.3 Å². The molecule has 1 atom stereocenters. The molecule has 1 aromatic rings. The van der Waals surface area contributed by atoms with Gasteiger partial charge < -0.3 is 10.2 Å². The lowest BCUT2D eigenvalue weighted by Crippen LogP contribution is -2.41. The largest absolute Gasteiger partial charge is 0.478 e. The summed E-state index contributed by atoms with van der Waals surface area (Å²) < 4.78 is 0. The number of thiol groups is 1. The summed E-state index contributed by atoms with van der Waals surface area (Å²) in [5.41, 5.74) is -2.57. The Kier molecular flexibility index (Phi) is 2.93. The molecular weight excluding hydrogens is 204 g/mol. The third kappa shape index (κ3) is 1.64. The maximum Gasteiger partial charge on any atom is 0.349 e. The molecule has 1 unspecified atom stereocenters. The van der Waals surface area contributed by atoms with Crippen LogP contribution in [0.15, 0.2) is 30.3 Å². The van der Waals surface area contributed by atoms with Crippen LogP contribution in [0, 0.1) is 0 Å².